The van der Waals surface area contributed by atoms with Gasteiger partial charge in [-0.15, -0.1) is 0 Å². The predicted molar refractivity (Wildman–Crippen MR) is 35.2 cm³/mol. The third-order valence-electron chi connectivity index (χ3n) is 0.757. The molecule has 0 aliphatic carbocycles. The second-order valence-corrected chi connectivity index (χ2v) is 2.02. The van der Waals surface area contributed by atoms with Gasteiger partial charge in [-0.1, -0.05) is 25.6 Å². The Balaban J connectivity index is 2.82. The lowest BCUT2D eigenvalue weighted by atomic mass is 10.3. The van der Waals surface area contributed by atoms with E-state index in [2.05, 4.69) is 19.1 Å². The molecule has 0 aromatic heterocycles. The summed E-state index contributed by atoms with van der Waals surface area (Å²) < 4.78 is 0. The van der Waals surface area contributed by atoms with Gasteiger partial charge in [0.05, 0.1) is 4.99 Å². The molecule has 0 saturated heterocycles. The predicted octanol–water partition coefficient (Wildman–Crippen LogP) is 1.79. The smallest absolute Gasteiger partial charge is 0.0939 e. The van der Waals surface area contributed by atoms with E-state index in [1.54, 1.807) is 0 Å². The maximum Gasteiger partial charge on any atom is 0.0939 e. The fourth-order valence-electron chi connectivity index (χ4n) is 0.337. The van der Waals surface area contributed by atoms with Crippen molar-refractivity contribution in [3.63, 3.8) is 0 Å². The van der Waals surface area contributed by atoms with Gasteiger partial charge in [0, 0.05) is 0 Å². The van der Waals surface area contributed by atoms with Crippen molar-refractivity contribution < 1.29 is 0 Å². The van der Waals surface area contributed by atoms with E-state index in [0.717, 1.165) is 19.3 Å². The van der Waals surface area contributed by atoms with Crippen LogP contribution in [0.1, 0.15) is 26.2 Å². The molecule has 0 unspecified atom stereocenters. The summed E-state index contributed by atoms with van der Waals surface area (Å²) in [5.74, 6) is 0. The average Bonchev–Trinajstić information content (AvgIpc) is 1.61. The van der Waals surface area contributed by atoms with Crippen molar-refractivity contribution in [1.82, 2.24) is 5.73 Å². The van der Waals surface area contributed by atoms with Gasteiger partial charge in [0.25, 0.3) is 0 Å². The fourth-order valence-corrected chi connectivity index (χ4v) is 0.482. The van der Waals surface area contributed by atoms with Crippen LogP contribution in [0, 0.1) is 0 Å². The highest BCUT2D eigenvalue weighted by Gasteiger charge is 1.85. The van der Waals surface area contributed by atoms with Crippen LogP contribution in [0.25, 0.3) is 0 Å². The lowest BCUT2D eigenvalue weighted by Crippen LogP contribution is -1.91. The van der Waals surface area contributed by atoms with Crippen molar-refractivity contribution in [2.24, 2.45) is 0 Å². The quantitative estimate of drug-likeness (QED) is 0.516. The molecule has 1 radical (unpaired) electrons. The molecule has 0 amide bonds. The van der Waals surface area contributed by atoms with Crippen LogP contribution in [0.15, 0.2) is 0 Å². The minimum Gasteiger partial charge on any atom is -0.294 e. The maximum absolute atomic E-state index is 6.81. The minimum atomic E-state index is 0.391. The van der Waals surface area contributed by atoms with Gasteiger partial charge in [0.15, 0.2) is 0 Å². The Kier molecular flexibility index (Phi) is 4.00. The van der Waals surface area contributed by atoms with E-state index in [1.807, 2.05) is 0 Å². The summed E-state index contributed by atoms with van der Waals surface area (Å²) in [5, 5.41) is 0. The molecule has 0 spiro atoms. The molecule has 0 saturated carbocycles. The van der Waals surface area contributed by atoms with E-state index in [4.69, 9.17) is 5.73 Å². The summed E-state index contributed by atoms with van der Waals surface area (Å²) in [6, 6.07) is 0. The number of hydrogen-bond acceptors (Lipinski definition) is 1. The van der Waals surface area contributed by atoms with Crippen molar-refractivity contribution in [3.05, 3.63) is 0 Å². The van der Waals surface area contributed by atoms with Crippen LogP contribution in [0.2, 0.25) is 0 Å². The normalized spacial score (nSPS) is 8.71. The van der Waals surface area contributed by atoms with Crippen LogP contribution in [0.4, 0.5) is 0 Å². The van der Waals surface area contributed by atoms with Crippen LogP contribution in [-0.4, -0.2) is 4.99 Å². The number of rotatable bonds is 3. The first-order chi connectivity index (χ1) is 3.27. The minimum absolute atomic E-state index is 0.391. The van der Waals surface area contributed by atoms with E-state index >= 15 is 0 Å². The molecule has 0 fully saturated rings. The van der Waals surface area contributed by atoms with Crippen molar-refractivity contribution in [3.8, 4) is 0 Å². The Morgan fingerprint density at radius 3 is 2.43 bits per heavy atom. The third kappa shape index (κ3) is 5.89. The molecule has 2 heteroatoms. The zero-order valence-electron chi connectivity index (χ0n) is 4.53. The highest BCUT2D eigenvalue weighted by atomic mass is 32.1. The molecule has 0 aliphatic heterocycles. The van der Waals surface area contributed by atoms with Crippen molar-refractivity contribution in [2.45, 2.75) is 26.2 Å². The summed E-state index contributed by atoms with van der Waals surface area (Å²) in [6.07, 6.45) is 3.01. The summed E-state index contributed by atoms with van der Waals surface area (Å²) in [7, 11) is 0. The molecule has 0 bridgehead atoms. The first-order valence-electron chi connectivity index (χ1n) is 2.51. The lowest BCUT2D eigenvalue weighted by molar-refractivity contribution is 0.836. The zero-order valence-corrected chi connectivity index (χ0v) is 5.35. The Bertz CT molecular complexity index is 61.1. The monoisotopic (exact) mass is 116 g/mol. The number of nitrogens with one attached hydrogen (secondary N) is 1. The molecule has 0 atom stereocenters. The molecule has 0 aromatic rings. The van der Waals surface area contributed by atoms with Gasteiger partial charge in [-0.25, -0.2) is 0 Å². The van der Waals surface area contributed by atoms with Gasteiger partial charge in [-0.05, 0) is 12.8 Å². The second-order valence-electron chi connectivity index (χ2n) is 1.53. The topological polar surface area (TPSA) is 23.8 Å². The SMILES string of the molecule is CCCCC([NH])=S. The largest absolute Gasteiger partial charge is 0.294 e. The van der Waals surface area contributed by atoms with Gasteiger partial charge >= 0.3 is 0 Å². The van der Waals surface area contributed by atoms with Crippen LogP contribution in [0.3, 0.4) is 0 Å². The molecule has 41 valence electrons. The lowest BCUT2D eigenvalue weighted by Gasteiger charge is -1.88. The average molecular weight is 116 g/mol. The second kappa shape index (κ2) is 4.06. The van der Waals surface area contributed by atoms with Gasteiger partial charge < -0.3 is 0 Å². The molecule has 1 N–H and O–H groups in total. The van der Waals surface area contributed by atoms with Crippen LogP contribution < -0.4 is 5.73 Å². The molecule has 0 heterocycles. The fraction of sp³-hybridized carbons (Fsp3) is 0.800. The number of thiocarbonyl (C=S) groups is 1. The van der Waals surface area contributed by atoms with E-state index in [-0.39, 0.29) is 0 Å². The highest BCUT2D eigenvalue weighted by Crippen LogP contribution is 1.92. The van der Waals surface area contributed by atoms with E-state index in [1.165, 1.54) is 0 Å². The summed E-state index contributed by atoms with van der Waals surface area (Å²) in [5.41, 5.74) is 6.81. The zero-order chi connectivity index (χ0) is 5.70. The number of unbranched alkanes of at least 4 members (excludes halogenated alkanes) is 1. The summed E-state index contributed by atoms with van der Waals surface area (Å²) >= 11 is 4.53. The Labute approximate surface area is 49.9 Å². The molecule has 1 nitrogen and oxygen atoms in total. The van der Waals surface area contributed by atoms with E-state index < -0.39 is 0 Å². The van der Waals surface area contributed by atoms with Gasteiger partial charge in [-0.3, -0.25) is 5.73 Å². The van der Waals surface area contributed by atoms with Crippen LogP contribution >= 0.6 is 12.2 Å². The van der Waals surface area contributed by atoms with E-state index in [0.29, 0.717) is 4.99 Å². The van der Waals surface area contributed by atoms with Crippen LogP contribution in [-0.2, 0) is 0 Å². The van der Waals surface area contributed by atoms with Crippen molar-refractivity contribution in [2.75, 3.05) is 0 Å². The van der Waals surface area contributed by atoms with Gasteiger partial charge in [0.2, 0.25) is 0 Å². The molecular formula is C5H10NS. The molecule has 0 aliphatic rings. The van der Waals surface area contributed by atoms with Gasteiger partial charge in [-0.2, -0.15) is 0 Å². The standard InChI is InChI=1S/C5H10NS/c1-2-3-4-5(6)7/h6H,2-4H2,1H3. The Morgan fingerprint density at radius 1 is 1.71 bits per heavy atom. The number of hydrogen-bond donors (Lipinski definition) is 0. The molecule has 7 heavy (non-hydrogen) atoms. The van der Waals surface area contributed by atoms with Crippen molar-refractivity contribution in [1.29, 1.82) is 0 Å². The van der Waals surface area contributed by atoms with Crippen LogP contribution in [0.5, 0.6) is 0 Å². The highest BCUT2D eigenvalue weighted by molar-refractivity contribution is 7.80. The summed E-state index contributed by atoms with van der Waals surface area (Å²) in [4.78, 5) is 0.391. The van der Waals surface area contributed by atoms with Gasteiger partial charge in [0.1, 0.15) is 0 Å². The van der Waals surface area contributed by atoms with E-state index in [9.17, 15) is 0 Å². The third-order valence-corrected chi connectivity index (χ3v) is 0.962. The molecule has 0 aromatic carbocycles. The first kappa shape index (κ1) is 6.89. The Morgan fingerprint density at radius 2 is 2.29 bits per heavy atom. The maximum atomic E-state index is 6.81. The Hall–Kier alpha value is -0.110. The summed E-state index contributed by atoms with van der Waals surface area (Å²) in [6.45, 7) is 2.10. The molecular weight excluding hydrogens is 106 g/mol. The van der Waals surface area contributed by atoms with Crippen molar-refractivity contribution >= 4 is 17.2 Å². The first-order valence-corrected chi connectivity index (χ1v) is 2.92. The molecule has 0 rings (SSSR count).